The van der Waals surface area contributed by atoms with E-state index in [0.717, 1.165) is 4.90 Å². The monoisotopic (exact) mass is 943 g/mol. The Morgan fingerprint density at radius 2 is 1.28 bits per heavy atom. The molecule has 374 valence electrons. The fourth-order valence-corrected chi connectivity index (χ4v) is 7.41. The maximum Gasteiger partial charge on any atom is 0.308 e. The van der Waals surface area contributed by atoms with Crippen LogP contribution in [0.25, 0.3) is 0 Å². The lowest BCUT2D eigenvalue weighted by Gasteiger charge is -2.37. The molecule has 1 fully saturated rings. The zero-order valence-corrected chi connectivity index (χ0v) is 41.7. The Morgan fingerprint density at radius 3 is 1.82 bits per heavy atom. The first-order chi connectivity index (χ1) is 31.2. The first-order valence-electron chi connectivity index (χ1n) is 22.8. The number of nitrogens with zero attached hydrogens (tertiary/aromatic N) is 3. The van der Waals surface area contributed by atoms with Gasteiger partial charge in [0.25, 0.3) is 5.91 Å². The number of ketones is 1. The summed E-state index contributed by atoms with van der Waals surface area (Å²) in [4.78, 5) is 140. The number of benzene rings is 1. The first kappa shape index (κ1) is 57.0. The number of carbonyl (C=O) groups is 10. The second-order valence-electron chi connectivity index (χ2n) is 18.5. The Bertz CT molecular complexity index is 1950. The van der Waals surface area contributed by atoms with Crippen molar-refractivity contribution in [3.63, 3.8) is 0 Å². The predicted octanol–water partition coefficient (Wildman–Crippen LogP) is 0.736. The molecule has 0 saturated carbocycles. The van der Waals surface area contributed by atoms with Crippen LogP contribution < -0.4 is 31.3 Å². The van der Waals surface area contributed by atoms with Crippen LogP contribution in [0.4, 0.5) is 0 Å². The number of Topliss-reactive ketones (excluding diaryl/α,β-unsaturated/α-hetero) is 1. The van der Waals surface area contributed by atoms with E-state index in [2.05, 4.69) is 26.6 Å². The summed E-state index contributed by atoms with van der Waals surface area (Å²) in [5.41, 5.74) is -1.15. The number of carbonyl (C=O) groups excluding carboxylic acids is 10. The van der Waals surface area contributed by atoms with Gasteiger partial charge in [0.2, 0.25) is 41.4 Å². The Morgan fingerprint density at radius 1 is 0.716 bits per heavy atom. The van der Waals surface area contributed by atoms with Gasteiger partial charge >= 0.3 is 5.97 Å². The number of hydrogen-bond donors (Lipinski definition) is 5. The molecule has 5 N–H and O–H groups in total. The zero-order valence-electron chi connectivity index (χ0n) is 41.7. The predicted molar refractivity (Wildman–Crippen MR) is 248 cm³/mol. The fourth-order valence-electron chi connectivity index (χ4n) is 7.41. The molecule has 0 aromatic heterocycles. The molecule has 1 aliphatic heterocycles. The van der Waals surface area contributed by atoms with E-state index in [1.54, 1.807) is 52.0 Å². The summed E-state index contributed by atoms with van der Waals surface area (Å²) in [6.45, 7) is 14.7. The van der Waals surface area contributed by atoms with Gasteiger partial charge in [-0.25, -0.2) is 0 Å². The van der Waals surface area contributed by atoms with Crippen molar-refractivity contribution in [1.82, 2.24) is 41.3 Å². The lowest BCUT2D eigenvalue weighted by atomic mass is 9.83. The van der Waals surface area contributed by atoms with Gasteiger partial charge in [-0.1, -0.05) is 53.7 Å². The van der Waals surface area contributed by atoms with Crippen molar-refractivity contribution < 1.29 is 57.4 Å². The molecule has 1 aromatic rings. The van der Waals surface area contributed by atoms with Gasteiger partial charge in [-0.2, -0.15) is 0 Å². The van der Waals surface area contributed by atoms with Crippen LogP contribution in [0.2, 0.25) is 0 Å². The molecule has 20 heteroatoms. The van der Waals surface area contributed by atoms with Crippen LogP contribution in [0.3, 0.4) is 0 Å². The van der Waals surface area contributed by atoms with Crippen LogP contribution in [-0.4, -0.2) is 158 Å². The van der Waals surface area contributed by atoms with Crippen LogP contribution >= 0.6 is 0 Å². The topological polar surface area (TPSA) is 259 Å². The number of likely N-dealkylation sites (N-methyl/N-ethyl adjacent to an activating group) is 3. The third-order valence-electron chi connectivity index (χ3n) is 12.1. The maximum absolute atomic E-state index is 14.5. The minimum Gasteiger partial charge on any atom is -0.497 e. The van der Waals surface area contributed by atoms with E-state index in [9.17, 15) is 47.9 Å². The van der Waals surface area contributed by atoms with Gasteiger partial charge in [0.15, 0.2) is 11.9 Å². The van der Waals surface area contributed by atoms with E-state index >= 15 is 0 Å². The van der Waals surface area contributed by atoms with Crippen LogP contribution in [0.5, 0.6) is 5.75 Å². The Labute approximate surface area is 394 Å². The third kappa shape index (κ3) is 16.0. The molecule has 1 aliphatic rings. The molecule has 7 atom stereocenters. The van der Waals surface area contributed by atoms with E-state index < -0.39 is 126 Å². The Hall–Kier alpha value is -6.08. The van der Waals surface area contributed by atoms with Gasteiger partial charge in [0.05, 0.1) is 32.7 Å². The summed E-state index contributed by atoms with van der Waals surface area (Å²) in [7, 11) is 5.70. The highest BCUT2D eigenvalue weighted by atomic mass is 16.5. The fraction of sp³-hybridized carbons (Fsp3) is 0.660. The number of hydrogen-bond acceptors (Lipinski definition) is 12. The minimum atomic E-state index is -1.78. The molecule has 0 aliphatic carbocycles. The molecule has 1 unspecified atom stereocenters. The summed E-state index contributed by atoms with van der Waals surface area (Å²) in [5.74, 6) is -7.59. The number of methoxy groups -OCH3 is 1. The maximum atomic E-state index is 14.5. The van der Waals surface area contributed by atoms with Crippen molar-refractivity contribution in [2.75, 3.05) is 47.9 Å². The molecule has 0 bridgehead atoms. The summed E-state index contributed by atoms with van der Waals surface area (Å²) in [6.07, 6.45) is -1.06. The third-order valence-corrected chi connectivity index (χ3v) is 12.1. The molecule has 1 aromatic carbocycles. The second kappa shape index (κ2) is 25.7. The van der Waals surface area contributed by atoms with Crippen molar-refractivity contribution >= 4 is 59.0 Å². The lowest BCUT2D eigenvalue weighted by Crippen LogP contribution is -2.60. The number of rotatable bonds is 8. The number of amides is 8. The summed E-state index contributed by atoms with van der Waals surface area (Å²) < 4.78 is 10.8. The number of nitrogens with one attached hydrogen (secondary N) is 5. The molecule has 1 heterocycles. The molecule has 67 heavy (non-hydrogen) atoms. The Kier molecular flexibility index (Phi) is 21.9. The molecule has 0 radical (unpaired) electrons. The van der Waals surface area contributed by atoms with Gasteiger partial charge in [-0.05, 0) is 70.1 Å². The van der Waals surface area contributed by atoms with E-state index in [1.165, 1.54) is 65.7 Å². The summed E-state index contributed by atoms with van der Waals surface area (Å²) in [5, 5.41) is 12.8. The van der Waals surface area contributed by atoms with E-state index in [-0.39, 0.29) is 31.7 Å². The smallest absolute Gasteiger partial charge is 0.308 e. The van der Waals surface area contributed by atoms with E-state index in [0.29, 0.717) is 17.7 Å². The summed E-state index contributed by atoms with van der Waals surface area (Å²) >= 11 is 0. The van der Waals surface area contributed by atoms with E-state index in [4.69, 9.17) is 9.47 Å². The highest BCUT2D eigenvalue weighted by molar-refractivity contribution is 6.09. The summed E-state index contributed by atoms with van der Waals surface area (Å²) in [6, 6.07) is 0.911. The first-order valence-corrected chi connectivity index (χ1v) is 22.8. The normalized spacial score (nSPS) is 25.2. The highest BCUT2D eigenvalue weighted by Crippen LogP contribution is 2.22. The largest absolute Gasteiger partial charge is 0.497 e. The molecule has 8 amide bonds. The standard InChI is InChI=1S/C47H74N8O12/c1-15-28(6)39-44(63)50-24-35(56)53(11)33(22-26(2)3)42(61)49-25-36(57)55(13)38(27(4)5)45(64)54(12)34(23-31-16-18-32(66-14)19-17-31)43(62)51-29(7)40(59)47(9,10)46(65)52-30(8)41(60)48-21-20-37(58)67-39/h16-19,26-30,33-34,38-39H,15,20-25H2,1-14H3,(H,48,60)(H,49,61)(H,50,63)(H,51,62)(H,52,65)/t28?,29-,30+,33-,34-,38-,39-/m0/s1. The second-order valence-corrected chi connectivity index (χ2v) is 18.5. The van der Waals surface area contributed by atoms with Gasteiger partial charge < -0.3 is 50.8 Å². The Balaban J connectivity index is 2.60. The van der Waals surface area contributed by atoms with Crippen LogP contribution in [0.15, 0.2) is 24.3 Å². The van der Waals surface area contributed by atoms with Gasteiger partial charge in [0.1, 0.15) is 35.3 Å². The van der Waals surface area contributed by atoms with E-state index in [1.807, 2.05) is 13.8 Å². The average Bonchev–Trinajstić information content (AvgIpc) is 3.28. The van der Waals surface area contributed by atoms with Crippen molar-refractivity contribution in [3.8, 4) is 5.75 Å². The van der Waals surface area contributed by atoms with Crippen LogP contribution in [-0.2, 0) is 59.1 Å². The van der Waals surface area contributed by atoms with Gasteiger partial charge in [-0.3, -0.25) is 47.9 Å². The van der Waals surface area contributed by atoms with Gasteiger partial charge in [-0.15, -0.1) is 0 Å². The van der Waals surface area contributed by atoms with Crippen molar-refractivity contribution in [1.29, 1.82) is 0 Å². The zero-order chi connectivity index (χ0) is 51.1. The average molecular weight is 943 g/mol. The minimum absolute atomic E-state index is 0.0304. The highest BCUT2D eigenvalue weighted by Gasteiger charge is 2.42. The molecule has 20 nitrogen and oxygen atoms in total. The lowest BCUT2D eigenvalue weighted by molar-refractivity contribution is -0.159. The molecular formula is C47H74N8O12. The number of ether oxygens (including phenoxy) is 2. The number of esters is 1. The molecular weight excluding hydrogens is 869 g/mol. The van der Waals surface area contributed by atoms with Crippen molar-refractivity contribution in [3.05, 3.63) is 29.8 Å². The molecule has 1 saturated heterocycles. The van der Waals surface area contributed by atoms with Crippen LogP contribution in [0, 0.1) is 23.2 Å². The molecule has 2 rings (SSSR count). The quantitative estimate of drug-likeness (QED) is 0.179. The van der Waals surface area contributed by atoms with Crippen molar-refractivity contribution in [2.24, 2.45) is 23.2 Å². The number of cyclic esters (lactones) is 1. The van der Waals surface area contributed by atoms with Gasteiger partial charge in [0, 0.05) is 40.0 Å². The SMILES string of the molecule is CCC(C)[C@@H]1OC(=O)CCNC(=O)[C@@H](C)NC(=O)C(C)(C)C(=O)[C@H](C)NC(=O)[C@H](Cc2ccc(OC)cc2)N(C)C(=O)[C@H](C(C)C)N(C)C(=O)CNC(=O)[C@H](CC(C)C)N(C)C(=O)CNC1=O. The van der Waals surface area contributed by atoms with Crippen LogP contribution in [0.1, 0.15) is 94.1 Å². The molecule has 0 spiro atoms. The van der Waals surface area contributed by atoms with Crippen molar-refractivity contribution in [2.45, 2.75) is 131 Å².